The van der Waals surface area contributed by atoms with Crippen molar-refractivity contribution in [2.75, 3.05) is 40.3 Å². The number of carbonyl (C=O) groups is 1. The van der Waals surface area contributed by atoms with E-state index in [2.05, 4.69) is 9.71 Å². The Morgan fingerprint density at radius 2 is 2.15 bits per heavy atom. The molecule has 1 aliphatic heterocycles. The number of hydrogen-bond donors (Lipinski definition) is 1. The maximum Gasteiger partial charge on any atom is 0.278 e. The molecule has 2 heterocycles. The Kier molecular flexibility index (Phi) is 7.58. The number of aromatic nitrogens is 1. The van der Waals surface area contributed by atoms with Crippen molar-refractivity contribution in [2.24, 2.45) is 5.92 Å². The van der Waals surface area contributed by atoms with Crippen LogP contribution >= 0.6 is 0 Å². The Morgan fingerprint density at radius 1 is 1.41 bits per heavy atom. The average Bonchev–Trinajstić information content (AvgIpc) is 2.65. The average molecular weight is 399 g/mol. The molecule has 0 saturated carbocycles. The number of nitrogens with zero attached hydrogens (tertiary/aromatic N) is 3. The second-order valence-corrected chi connectivity index (χ2v) is 8.99. The molecule has 1 atom stereocenters. The molecule has 152 valence electrons. The van der Waals surface area contributed by atoms with E-state index in [1.165, 1.54) is 14.1 Å². The number of carbonyl (C=O) groups excluding carboxylic acids is 1. The summed E-state index contributed by atoms with van der Waals surface area (Å²) >= 11 is 0. The highest BCUT2D eigenvalue weighted by atomic mass is 32.2. The first-order valence-corrected chi connectivity index (χ1v) is 10.7. The minimum absolute atomic E-state index is 0.0338. The van der Waals surface area contributed by atoms with Gasteiger partial charge in [0.2, 0.25) is 0 Å². The third-order valence-electron chi connectivity index (χ3n) is 4.66. The number of hydrogen-bond acceptors (Lipinski definition) is 5. The van der Waals surface area contributed by atoms with Gasteiger partial charge in [-0.15, -0.1) is 0 Å². The third-order valence-corrected chi connectivity index (χ3v) is 6.16. The minimum atomic E-state index is -3.44. The van der Waals surface area contributed by atoms with E-state index in [1.54, 1.807) is 4.90 Å². The van der Waals surface area contributed by atoms with Gasteiger partial charge in [-0.2, -0.15) is 12.7 Å². The fourth-order valence-electron chi connectivity index (χ4n) is 3.02. The fourth-order valence-corrected chi connectivity index (χ4v) is 3.73. The molecule has 1 amide bonds. The summed E-state index contributed by atoms with van der Waals surface area (Å²) in [6.07, 6.45) is 2.48. The molecule has 0 aromatic carbocycles. The summed E-state index contributed by atoms with van der Waals surface area (Å²) in [6, 6.07) is 3.72. The molecule has 1 aromatic heterocycles. The molecule has 1 aromatic rings. The molecule has 1 saturated heterocycles. The number of likely N-dealkylation sites (tertiary alicyclic amines) is 1. The van der Waals surface area contributed by atoms with Crippen molar-refractivity contribution in [3.8, 4) is 5.75 Å². The van der Waals surface area contributed by atoms with Crippen LogP contribution in [0.4, 0.5) is 0 Å². The molecular formula is C18H30N4O4S. The molecule has 9 heteroatoms. The number of pyridine rings is 1. The van der Waals surface area contributed by atoms with Gasteiger partial charge in [-0.05, 0) is 44.2 Å². The Labute approximate surface area is 162 Å². The Bertz CT molecular complexity index is 752. The van der Waals surface area contributed by atoms with E-state index in [9.17, 15) is 13.2 Å². The van der Waals surface area contributed by atoms with Gasteiger partial charge in [0.1, 0.15) is 5.75 Å². The van der Waals surface area contributed by atoms with E-state index >= 15 is 0 Å². The Hall–Kier alpha value is -1.71. The first-order valence-electron chi connectivity index (χ1n) is 9.27. The fraction of sp³-hybridized carbons (Fsp3) is 0.667. The Balaban J connectivity index is 1.87. The van der Waals surface area contributed by atoms with Crippen molar-refractivity contribution in [1.82, 2.24) is 18.9 Å². The topological polar surface area (TPSA) is 91.8 Å². The molecule has 27 heavy (non-hydrogen) atoms. The molecule has 1 N–H and O–H groups in total. The Morgan fingerprint density at radius 3 is 2.81 bits per heavy atom. The summed E-state index contributed by atoms with van der Waals surface area (Å²) in [4.78, 5) is 18.7. The van der Waals surface area contributed by atoms with Crippen LogP contribution in [0.15, 0.2) is 12.1 Å². The van der Waals surface area contributed by atoms with Crippen LogP contribution in [-0.2, 0) is 21.4 Å². The molecule has 0 spiro atoms. The van der Waals surface area contributed by atoms with Crippen LogP contribution in [0.5, 0.6) is 5.75 Å². The zero-order valence-corrected chi connectivity index (χ0v) is 17.4. The van der Waals surface area contributed by atoms with Crippen molar-refractivity contribution < 1.29 is 17.9 Å². The summed E-state index contributed by atoms with van der Waals surface area (Å²) in [5.41, 5.74) is 1.77. The van der Waals surface area contributed by atoms with Crippen molar-refractivity contribution in [2.45, 2.75) is 33.1 Å². The monoisotopic (exact) mass is 398 g/mol. The zero-order valence-electron chi connectivity index (χ0n) is 16.6. The van der Waals surface area contributed by atoms with Crippen molar-refractivity contribution in [1.29, 1.82) is 0 Å². The lowest BCUT2D eigenvalue weighted by atomic mass is 9.98. The normalized spacial score (nSPS) is 18.0. The largest absolute Gasteiger partial charge is 0.482 e. The van der Waals surface area contributed by atoms with Crippen LogP contribution in [0.1, 0.15) is 31.2 Å². The van der Waals surface area contributed by atoms with Crippen LogP contribution in [0.25, 0.3) is 0 Å². The van der Waals surface area contributed by atoms with Gasteiger partial charge in [0, 0.05) is 39.4 Å². The lowest BCUT2D eigenvalue weighted by Crippen LogP contribution is -2.46. The van der Waals surface area contributed by atoms with Crippen LogP contribution in [0.3, 0.4) is 0 Å². The van der Waals surface area contributed by atoms with Gasteiger partial charge in [-0.25, -0.2) is 4.72 Å². The molecule has 1 aliphatic rings. The number of amides is 1. The van der Waals surface area contributed by atoms with Gasteiger partial charge in [0.05, 0.1) is 5.69 Å². The predicted octanol–water partition coefficient (Wildman–Crippen LogP) is 0.966. The number of ether oxygens (including phenoxy) is 1. The standard InChI is InChI=1S/C18H30N4O4S/c1-5-16-17(9-8-14(2)20-16)26-13-18(23)22-10-6-7-15(12-22)11-19-27(24,25)21(3)4/h8-9,15,19H,5-7,10-13H2,1-4H3. The first-order chi connectivity index (χ1) is 12.7. The van der Waals surface area contributed by atoms with Gasteiger partial charge in [-0.3, -0.25) is 9.78 Å². The smallest absolute Gasteiger partial charge is 0.278 e. The van der Waals surface area contributed by atoms with Crippen LogP contribution in [0.2, 0.25) is 0 Å². The van der Waals surface area contributed by atoms with Crippen molar-refractivity contribution in [3.63, 3.8) is 0 Å². The van der Waals surface area contributed by atoms with E-state index in [-0.39, 0.29) is 18.4 Å². The molecule has 0 radical (unpaired) electrons. The van der Waals surface area contributed by atoms with Crippen molar-refractivity contribution in [3.05, 3.63) is 23.5 Å². The zero-order chi connectivity index (χ0) is 20.0. The second kappa shape index (κ2) is 9.48. The van der Waals surface area contributed by atoms with Gasteiger partial charge in [0.25, 0.3) is 16.1 Å². The van der Waals surface area contributed by atoms with Crippen LogP contribution < -0.4 is 9.46 Å². The molecule has 1 unspecified atom stereocenters. The maximum absolute atomic E-state index is 12.5. The highest BCUT2D eigenvalue weighted by Crippen LogP contribution is 2.19. The van der Waals surface area contributed by atoms with Gasteiger partial charge in [-0.1, -0.05) is 6.92 Å². The van der Waals surface area contributed by atoms with E-state index in [1.807, 2.05) is 26.0 Å². The van der Waals surface area contributed by atoms with Crippen LogP contribution in [0, 0.1) is 12.8 Å². The number of piperidine rings is 1. The second-order valence-electron chi connectivity index (χ2n) is 7.02. The molecule has 1 fully saturated rings. The molecule has 2 rings (SSSR count). The summed E-state index contributed by atoms with van der Waals surface area (Å²) in [5, 5.41) is 0. The lowest BCUT2D eigenvalue weighted by molar-refractivity contribution is -0.135. The molecular weight excluding hydrogens is 368 g/mol. The van der Waals surface area contributed by atoms with Crippen LogP contribution in [-0.4, -0.2) is 68.9 Å². The van der Waals surface area contributed by atoms with E-state index in [0.717, 1.165) is 35.0 Å². The summed E-state index contributed by atoms with van der Waals surface area (Å²) in [5.74, 6) is 0.659. The maximum atomic E-state index is 12.5. The molecule has 0 aliphatic carbocycles. The third kappa shape index (κ3) is 6.15. The predicted molar refractivity (Wildman–Crippen MR) is 104 cm³/mol. The molecule has 8 nitrogen and oxygen atoms in total. The quantitative estimate of drug-likeness (QED) is 0.704. The number of rotatable bonds is 8. The first kappa shape index (κ1) is 21.6. The highest BCUT2D eigenvalue weighted by Gasteiger charge is 2.25. The minimum Gasteiger partial charge on any atom is -0.482 e. The van der Waals surface area contributed by atoms with Gasteiger partial charge in [0.15, 0.2) is 6.61 Å². The lowest BCUT2D eigenvalue weighted by Gasteiger charge is -2.33. The number of aryl methyl sites for hydroxylation is 2. The van der Waals surface area contributed by atoms with E-state index < -0.39 is 10.2 Å². The van der Waals surface area contributed by atoms with Gasteiger partial charge < -0.3 is 9.64 Å². The van der Waals surface area contributed by atoms with E-state index in [4.69, 9.17) is 4.74 Å². The van der Waals surface area contributed by atoms with Crippen molar-refractivity contribution >= 4 is 16.1 Å². The summed E-state index contributed by atoms with van der Waals surface area (Å²) < 4.78 is 33.1. The van der Waals surface area contributed by atoms with E-state index in [0.29, 0.717) is 25.4 Å². The number of nitrogens with one attached hydrogen (secondary N) is 1. The van der Waals surface area contributed by atoms with Gasteiger partial charge >= 0.3 is 0 Å². The summed E-state index contributed by atoms with van der Waals surface area (Å²) in [7, 11) is -0.471. The SMILES string of the molecule is CCc1nc(C)ccc1OCC(=O)N1CCCC(CNS(=O)(=O)N(C)C)C1. The summed E-state index contributed by atoms with van der Waals surface area (Å²) in [6.45, 7) is 5.42. The molecule has 0 bridgehead atoms. The highest BCUT2D eigenvalue weighted by molar-refractivity contribution is 7.87.